The van der Waals surface area contributed by atoms with Gasteiger partial charge in [0.15, 0.2) is 0 Å². The maximum Gasteiger partial charge on any atom is 0.119 e. The molecule has 0 saturated carbocycles. The molecular formula is C15H25NO. The molecule has 0 atom stereocenters. The van der Waals surface area contributed by atoms with Crippen LogP contribution in [0.15, 0.2) is 24.3 Å². The minimum Gasteiger partial charge on any atom is -0.492 e. The van der Waals surface area contributed by atoms with E-state index in [4.69, 9.17) is 4.74 Å². The van der Waals surface area contributed by atoms with E-state index in [9.17, 15) is 0 Å². The summed E-state index contributed by atoms with van der Waals surface area (Å²) in [5.74, 6) is 0.954. The molecule has 0 aliphatic rings. The summed E-state index contributed by atoms with van der Waals surface area (Å²) in [5.41, 5.74) is 1.34. The van der Waals surface area contributed by atoms with Gasteiger partial charge in [0.1, 0.15) is 12.4 Å². The zero-order valence-corrected chi connectivity index (χ0v) is 11.8. The van der Waals surface area contributed by atoms with Crippen molar-refractivity contribution in [2.75, 3.05) is 19.7 Å². The minimum absolute atomic E-state index is 0.0778. The van der Waals surface area contributed by atoms with Gasteiger partial charge in [-0.1, -0.05) is 31.5 Å². The lowest BCUT2D eigenvalue weighted by molar-refractivity contribution is 0.0769. The summed E-state index contributed by atoms with van der Waals surface area (Å²) >= 11 is 0. The van der Waals surface area contributed by atoms with E-state index in [0.717, 1.165) is 25.4 Å². The second-order valence-corrected chi connectivity index (χ2v) is 5.09. The fraction of sp³-hybridized carbons (Fsp3) is 0.600. The van der Waals surface area contributed by atoms with Crippen LogP contribution >= 0.6 is 0 Å². The summed E-state index contributed by atoms with van der Waals surface area (Å²) < 4.78 is 5.87. The van der Waals surface area contributed by atoms with Crippen molar-refractivity contribution in [3.63, 3.8) is 0 Å². The van der Waals surface area contributed by atoms with Gasteiger partial charge in [-0.15, -0.1) is 0 Å². The van der Waals surface area contributed by atoms with Crippen molar-refractivity contribution in [2.45, 2.75) is 40.2 Å². The lowest BCUT2D eigenvalue weighted by atomic mass is 10.0. The zero-order chi connectivity index (χ0) is 12.9. The molecule has 2 nitrogen and oxygen atoms in total. The summed E-state index contributed by atoms with van der Waals surface area (Å²) in [6.45, 7) is 13.8. The van der Waals surface area contributed by atoms with Crippen LogP contribution in [-0.2, 0) is 0 Å². The Morgan fingerprint density at radius 3 is 2.06 bits per heavy atom. The average Bonchev–Trinajstić information content (AvgIpc) is 2.29. The third-order valence-corrected chi connectivity index (χ3v) is 3.23. The molecule has 0 N–H and O–H groups in total. The van der Waals surface area contributed by atoms with E-state index in [1.54, 1.807) is 0 Å². The molecule has 0 fully saturated rings. The van der Waals surface area contributed by atoms with Gasteiger partial charge in [0.05, 0.1) is 0 Å². The van der Waals surface area contributed by atoms with Crippen LogP contribution in [0.1, 0.15) is 33.3 Å². The number of rotatable bonds is 6. The first kappa shape index (κ1) is 14.0. The molecule has 17 heavy (non-hydrogen) atoms. The van der Waals surface area contributed by atoms with E-state index in [1.807, 2.05) is 12.1 Å². The molecule has 1 aromatic rings. The maximum atomic E-state index is 5.87. The van der Waals surface area contributed by atoms with Gasteiger partial charge < -0.3 is 4.74 Å². The summed E-state index contributed by atoms with van der Waals surface area (Å²) in [7, 11) is 0. The first-order valence-electron chi connectivity index (χ1n) is 6.44. The molecule has 0 radical (unpaired) electrons. The van der Waals surface area contributed by atoms with Gasteiger partial charge >= 0.3 is 0 Å². The Hall–Kier alpha value is -1.02. The van der Waals surface area contributed by atoms with Crippen molar-refractivity contribution in [2.24, 2.45) is 0 Å². The molecule has 96 valence electrons. The van der Waals surface area contributed by atoms with Gasteiger partial charge in [0.25, 0.3) is 0 Å². The number of aryl methyl sites for hydroxylation is 1. The van der Waals surface area contributed by atoms with E-state index in [1.165, 1.54) is 5.56 Å². The smallest absolute Gasteiger partial charge is 0.119 e. The molecule has 0 aromatic heterocycles. The van der Waals surface area contributed by atoms with Crippen LogP contribution in [0.3, 0.4) is 0 Å². The first-order valence-corrected chi connectivity index (χ1v) is 6.44. The van der Waals surface area contributed by atoms with Crippen LogP contribution in [0.25, 0.3) is 0 Å². The van der Waals surface area contributed by atoms with Crippen LogP contribution in [0.2, 0.25) is 0 Å². The molecule has 0 spiro atoms. The van der Waals surface area contributed by atoms with E-state index in [-0.39, 0.29) is 5.54 Å². The highest BCUT2D eigenvalue weighted by Gasteiger charge is 2.24. The molecule has 0 heterocycles. The number of nitrogens with zero attached hydrogens (tertiary/aromatic N) is 1. The molecule has 1 aromatic carbocycles. The van der Waals surface area contributed by atoms with Gasteiger partial charge in [-0.3, -0.25) is 4.90 Å². The zero-order valence-electron chi connectivity index (χ0n) is 11.8. The topological polar surface area (TPSA) is 12.5 Å². The summed E-state index contributed by atoms with van der Waals surface area (Å²) in [4.78, 5) is 2.42. The second-order valence-electron chi connectivity index (χ2n) is 5.09. The third kappa shape index (κ3) is 4.04. The van der Waals surface area contributed by atoms with Gasteiger partial charge in [-0.05, 0) is 46.0 Å². The van der Waals surface area contributed by atoms with Crippen molar-refractivity contribution in [3.05, 3.63) is 29.8 Å². The summed E-state index contributed by atoms with van der Waals surface area (Å²) in [6.07, 6.45) is 0. The number of ether oxygens (including phenoxy) is 1. The van der Waals surface area contributed by atoms with E-state index in [0.29, 0.717) is 0 Å². The van der Waals surface area contributed by atoms with Crippen molar-refractivity contribution in [1.29, 1.82) is 0 Å². The maximum absolute atomic E-state index is 5.87. The molecule has 0 saturated heterocycles. The Morgan fingerprint density at radius 2 is 1.59 bits per heavy atom. The molecule has 0 aliphatic heterocycles. The number of hydrogen-bond acceptors (Lipinski definition) is 2. The van der Waals surface area contributed by atoms with Crippen LogP contribution in [0.4, 0.5) is 0 Å². The minimum atomic E-state index is 0.0778. The van der Waals surface area contributed by atoms with Crippen LogP contribution in [0, 0.1) is 6.92 Å². The van der Waals surface area contributed by atoms with Crippen molar-refractivity contribution in [3.8, 4) is 5.75 Å². The van der Waals surface area contributed by atoms with Gasteiger partial charge in [0.2, 0.25) is 0 Å². The fourth-order valence-electron chi connectivity index (χ4n) is 2.07. The predicted octanol–water partition coefficient (Wildman–Crippen LogP) is 3.49. The van der Waals surface area contributed by atoms with Crippen molar-refractivity contribution < 1.29 is 4.74 Å². The lowest BCUT2D eigenvalue weighted by Gasteiger charge is -2.36. The fourth-order valence-corrected chi connectivity index (χ4v) is 2.07. The monoisotopic (exact) mass is 235 g/mol. The molecule has 0 unspecified atom stereocenters. The second kappa shape index (κ2) is 6.06. The Labute approximate surface area is 106 Å². The highest BCUT2D eigenvalue weighted by atomic mass is 16.5. The Balaban J connectivity index is 2.57. The van der Waals surface area contributed by atoms with E-state index in [2.05, 4.69) is 51.7 Å². The standard InChI is InChI=1S/C15H25NO/c1-6-16(7-2)15(4,5)12-17-14-10-8-13(3)9-11-14/h8-11H,6-7,12H2,1-5H3. The highest BCUT2D eigenvalue weighted by Crippen LogP contribution is 2.18. The molecule has 2 heteroatoms. The Morgan fingerprint density at radius 1 is 1.06 bits per heavy atom. The van der Waals surface area contributed by atoms with E-state index < -0.39 is 0 Å². The van der Waals surface area contributed by atoms with Crippen LogP contribution in [0.5, 0.6) is 5.75 Å². The molecule has 0 amide bonds. The van der Waals surface area contributed by atoms with Gasteiger partial charge in [0, 0.05) is 5.54 Å². The van der Waals surface area contributed by atoms with Crippen LogP contribution < -0.4 is 4.74 Å². The lowest BCUT2D eigenvalue weighted by Crippen LogP contribution is -2.48. The van der Waals surface area contributed by atoms with Crippen molar-refractivity contribution >= 4 is 0 Å². The number of hydrogen-bond donors (Lipinski definition) is 0. The highest BCUT2D eigenvalue weighted by molar-refractivity contribution is 5.26. The first-order chi connectivity index (χ1) is 7.99. The van der Waals surface area contributed by atoms with Gasteiger partial charge in [-0.2, -0.15) is 0 Å². The molecular weight excluding hydrogens is 210 g/mol. The number of benzene rings is 1. The van der Waals surface area contributed by atoms with Crippen molar-refractivity contribution in [1.82, 2.24) is 4.90 Å². The Bertz CT molecular complexity index is 325. The van der Waals surface area contributed by atoms with Crippen LogP contribution in [-0.4, -0.2) is 30.1 Å². The molecule has 0 aliphatic carbocycles. The quantitative estimate of drug-likeness (QED) is 0.748. The largest absolute Gasteiger partial charge is 0.492 e. The molecule has 1 rings (SSSR count). The summed E-state index contributed by atoms with van der Waals surface area (Å²) in [5, 5.41) is 0. The predicted molar refractivity (Wildman–Crippen MR) is 73.7 cm³/mol. The average molecular weight is 235 g/mol. The Kier molecular flexibility index (Phi) is 5.01. The normalized spacial score (nSPS) is 11.9. The summed E-state index contributed by atoms with van der Waals surface area (Å²) in [6, 6.07) is 8.24. The molecule has 0 bridgehead atoms. The third-order valence-electron chi connectivity index (χ3n) is 3.23. The SMILES string of the molecule is CCN(CC)C(C)(C)COc1ccc(C)cc1. The number of likely N-dealkylation sites (N-methyl/N-ethyl adjacent to an activating group) is 1. The van der Waals surface area contributed by atoms with E-state index >= 15 is 0 Å². The van der Waals surface area contributed by atoms with Gasteiger partial charge in [-0.25, -0.2) is 0 Å².